The van der Waals surface area contributed by atoms with E-state index in [9.17, 15) is 0 Å². The molecule has 2 heteroatoms. The summed E-state index contributed by atoms with van der Waals surface area (Å²) in [6, 6.07) is 0. The molecule has 0 amide bonds. The second kappa shape index (κ2) is 6.91. The maximum Gasteiger partial charge on any atom is 0.0694 e. The highest BCUT2D eigenvalue weighted by Crippen LogP contribution is 2.39. The van der Waals surface area contributed by atoms with Crippen LogP contribution in [0.4, 0.5) is 0 Å². The zero-order valence-corrected chi connectivity index (χ0v) is 12.3. The van der Waals surface area contributed by atoms with Crippen LogP contribution in [0.1, 0.15) is 65.2 Å². The van der Waals surface area contributed by atoms with Gasteiger partial charge in [0.2, 0.25) is 0 Å². The highest BCUT2D eigenvalue weighted by Gasteiger charge is 2.38. The van der Waals surface area contributed by atoms with Crippen LogP contribution in [-0.4, -0.2) is 25.3 Å². The van der Waals surface area contributed by atoms with Crippen molar-refractivity contribution < 1.29 is 4.74 Å². The molecule has 0 aliphatic heterocycles. The van der Waals surface area contributed by atoms with Crippen molar-refractivity contribution in [2.24, 2.45) is 11.8 Å². The summed E-state index contributed by atoms with van der Waals surface area (Å²) in [6.07, 6.45) is 10.8. The highest BCUT2D eigenvalue weighted by molar-refractivity contribution is 4.90. The fraction of sp³-hybridized carbons (Fsp3) is 1.00. The van der Waals surface area contributed by atoms with E-state index in [0.717, 1.165) is 31.5 Å². The smallest absolute Gasteiger partial charge is 0.0694 e. The molecule has 2 aliphatic rings. The molecule has 0 aromatic heterocycles. The third-order valence-corrected chi connectivity index (χ3v) is 4.67. The first-order chi connectivity index (χ1) is 8.70. The van der Waals surface area contributed by atoms with Gasteiger partial charge in [-0.3, -0.25) is 0 Å². The van der Waals surface area contributed by atoms with Crippen molar-refractivity contribution in [1.29, 1.82) is 0 Å². The molecule has 2 fully saturated rings. The molecule has 0 bridgehead atoms. The Morgan fingerprint density at radius 1 is 1.17 bits per heavy atom. The monoisotopic (exact) mass is 253 g/mol. The van der Waals surface area contributed by atoms with Gasteiger partial charge in [-0.25, -0.2) is 0 Å². The molecule has 2 saturated carbocycles. The van der Waals surface area contributed by atoms with Crippen molar-refractivity contribution >= 4 is 0 Å². The Bertz CT molecular complexity index is 229. The van der Waals surface area contributed by atoms with E-state index >= 15 is 0 Å². The fourth-order valence-electron chi connectivity index (χ4n) is 3.22. The summed E-state index contributed by atoms with van der Waals surface area (Å²) < 4.78 is 6.32. The molecule has 18 heavy (non-hydrogen) atoms. The van der Waals surface area contributed by atoms with Gasteiger partial charge in [-0.2, -0.15) is 0 Å². The molecule has 0 atom stereocenters. The molecule has 0 saturated heterocycles. The van der Waals surface area contributed by atoms with Crippen LogP contribution in [0.3, 0.4) is 0 Å². The number of ether oxygens (including phenoxy) is 1. The largest absolute Gasteiger partial charge is 0.375 e. The summed E-state index contributed by atoms with van der Waals surface area (Å²) in [6.45, 7) is 7.83. The van der Waals surface area contributed by atoms with Gasteiger partial charge in [-0.1, -0.05) is 26.7 Å². The van der Waals surface area contributed by atoms with Crippen LogP contribution in [0.2, 0.25) is 0 Å². The number of hydrogen-bond donors (Lipinski definition) is 1. The van der Waals surface area contributed by atoms with Crippen LogP contribution in [-0.2, 0) is 4.74 Å². The maximum atomic E-state index is 6.32. The van der Waals surface area contributed by atoms with Gasteiger partial charge in [0.15, 0.2) is 0 Å². The van der Waals surface area contributed by atoms with Crippen LogP contribution in [0.15, 0.2) is 0 Å². The van der Waals surface area contributed by atoms with Crippen molar-refractivity contribution in [3.63, 3.8) is 0 Å². The second-order valence-corrected chi connectivity index (χ2v) is 6.85. The molecule has 0 heterocycles. The minimum absolute atomic E-state index is 0.257. The van der Waals surface area contributed by atoms with E-state index < -0.39 is 0 Å². The lowest BCUT2D eigenvalue weighted by Crippen LogP contribution is -2.43. The predicted octanol–water partition coefficient (Wildman–Crippen LogP) is 3.75. The summed E-state index contributed by atoms with van der Waals surface area (Å²) in [7, 11) is 0. The molecule has 2 aliphatic carbocycles. The van der Waals surface area contributed by atoms with Crippen LogP contribution >= 0.6 is 0 Å². The van der Waals surface area contributed by atoms with E-state index in [-0.39, 0.29) is 5.60 Å². The third-order valence-electron chi connectivity index (χ3n) is 4.67. The molecular formula is C16H31NO. The van der Waals surface area contributed by atoms with E-state index in [1.54, 1.807) is 0 Å². The number of nitrogens with one attached hydrogen (secondary N) is 1. The topological polar surface area (TPSA) is 21.3 Å². The van der Waals surface area contributed by atoms with Crippen LogP contribution < -0.4 is 5.32 Å². The maximum absolute atomic E-state index is 6.32. The van der Waals surface area contributed by atoms with Gasteiger partial charge in [0.25, 0.3) is 0 Å². The molecule has 106 valence electrons. The lowest BCUT2D eigenvalue weighted by molar-refractivity contribution is -0.115. The van der Waals surface area contributed by atoms with Crippen LogP contribution in [0.25, 0.3) is 0 Å². The van der Waals surface area contributed by atoms with Gasteiger partial charge in [0.1, 0.15) is 0 Å². The van der Waals surface area contributed by atoms with Crippen LogP contribution in [0.5, 0.6) is 0 Å². The molecule has 0 unspecified atom stereocenters. The van der Waals surface area contributed by atoms with Crippen molar-refractivity contribution in [3.05, 3.63) is 0 Å². The van der Waals surface area contributed by atoms with Gasteiger partial charge in [0.05, 0.1) is 12.2 Å². The first-order valence-electron chi connectivity index (χ1n) is 8.05. The molecule has 0 spiro atoms. The van der Waals surface area contributed by atoms with E-state index in [0.29, 0.717) is 0 Å². The highest BCUT2D eigenvalue weighted by atomic mass is 16.5. The van der Waals surface area contributed by atoms with Gasteiger partial charge in [0, 0.05) is 0 Å². The summed E-state index contributed by atoms with van der Waals surface area (Å²) in [5, 5.41) is 3.56. The zero-order valence-electron chi connectivity index (χ0n) is 12.3. The zero-order chi connectivity index (χ0) is 12.8. The molecule has 0 radical (unpaired) electrons. The van der Waals surface area contributed by atoms with Crippen molar-refractivity contribution in [3.8, 4) is 0 Å². The van der Waals surface area contributed by atoms with Crippen molar-refractivity contribution in [2.75, 3.05) is 19.7 Å². The Balaban J connectivity index is 1.62. The van der Waals surface area contributed by atoms with E-state index in [1.807, 2.05) is 0 Å². The molecular weight excluding hydrogens is 222 g/mol. The summed E-state index contributed by atoms with van der Waals surface area (Å²) in [5.74, 6) is 1.62. The Labute approximate surface area is 113 Å². The molecule has 1 N–H and O–H groups in total. The van der Waals surface area contributed by atoms with Crippen molar-refractivity contribution in [1.82, 2.24) is 5.32 Å². The number of rotatable bonds is 8. The Morgan fingerprint density at radius 2 is 1.89 bits per heavy atom. The first-order valence-corrected chi connectivity index (χ1v) is 8.05. The van der Waals surface area contributed by atoms with Crippen LogP contribution in [0, 0.1) is 11.8 Å². The molecule has 2 rings (SSSR count). The fourth-order valence-corrected chi connectivity index (χ4v) is 3.22. The lowest BCUT2D eigenvalue weighted by atomic mass is 9.77. The average molecular weight is 253 g/mol. The SMILES string of the molecule is CC(C)CNCCC1(OCC2CCCC2)CCC1. The molecule has 2 nitrogen and oxygen atoms in total. The predicted molar refractivity (Wildman–Crippen MR) is 76.8 cm³/mol. The quantitative estimate of drug-likeness (QED) is 0.665. The Kier molecular flexibility index (Phi) is 5.50. The van der Waals surface area contributed by atoms with Gasteiger partial charge < -0.3 is 10.1 Å². The number of hydrogen-bond acceptors (Lipinski definition) is 2. The summed E-state index contributed by atoms with van der Waals surface area (Å²) in [5.41, 5.74) is 0.257. The van der Waals surface area contributed by atoms with Gasteiger partial charge in [-0.05, 0) is 63.5 Å². The van der Waals surface area contributed by atoms with Gasteiger partial charge in [-0.15, -0.1) is 0 Å². The Morgan fingerprint density at radius 3 is 2.44 bits per heavy atom. The molecule has 0 aromatic rings. The average Bonchev–Trinajstić information content (AvgIpc) is 2.78. The third kappa shape index (κ3) is 4.24. The van der Waals surface area contributed by atoms with E-state index in [4.69, 9.17) is 4.74 Å². The van der Waals surface area contributed by atoms with Crippen molar-refractivity contribution in [2.45, 2.75) is 70.8 Å². The summed E-state index contributed by atoms with van der Waals surface area (Å²) >= 11 is 0. The lowest BCUT2D eigenvalue weighted by Gasteiger charge is -2.42. The van der Waals surface area contributed by atoms with E-state index in [1.165, 1.54) is 51.4 Å². The standard InChI is InChI=1S/C16H31NO/c1-14(2)12-17-11-10-16(8-5-9-16)18-13-15-6-3-4-7-15/h14-15,17H,3-13H2,1-2H3. The molecule has 0 aromatic carbocycles. The minimum atomic E-state index is 0.257. The normalized spacial score (nSPS) is 23.5. The minimum Gasteiger partial charge on any atom is -0.375 e. The first kappa shape index (κ1) is 14.3. The van der Waals surface area contributed by atoms with E-state index in [2.05, 4.69) is 19.2 Å². The Hall–Kier alpha value is -0.0800. The van der Waals surface area contributed by atoms with Gasteiger partial charge >= 0.3 is 0 Å². The second-order valence-electron chi connectivity index (χ2n) is 6.85. The summed E-state index contributed by atoms with van der Waals surface area (Å²) in [4.78, 5) is 0.